The molecule has 0 spiro atoms. The number of aliphatic hydroxyl groups excluding tert-OH is 1. The molecule has 218 valence electrons. The Bertz CT molecular complexity index is 1850. The zero-order valence-electron chi connectivity index (χ0n) is 24.4. The van der Waals surface area contributed by atoms with Gasteiger partial charge in [-0.25, -0.2) is 0 Å². The van der Waals surface area contributed by atoms with Crippen LogP contribution < -0.4 is 14.4 Å². The Hall–Kier alpha value is -5.62. The Kier molecular flexibility index (Phi) is 7.98. The lowest BCUT2D eigenvalue weighted by Gasteiger charge is -2.26. The van der Waals surface area contributed by atoms with Crippen molar-refractivity contribution in [2.75, 3.05) is 4.90 Å². The molecule has 1 aliphatic heterocycles. The summed E-state index contributed by atoms with van der Waals surface area (Å²) in [4.78, 5) is 28.7. The van der Waals surface area contributed by atoms with Crippen LogP contribution in [0.5, 0.6) is 17.2 Å². The van der Waals surface area contributed by atoms with E-state index >= 15 is 0 Å². The van der Waals surface area contributed by atoms with Gasteiger partial charge in [-0.1, -0.05) is 78.4 Å². The van der Waals surface area contributed by atoms with Crippen molar-refractivity contribution in [1.29, 1.82) is 0 Å². The Morgan fingerprint density at radius 1 is 0.750 bits per heavy atom. The van der Waals surface area contributed by atoms with Crippen molar-refractivity contribution in [2.24, 2.45) is 0 Å². The number of benzene rings is 5. The quantitative estimate of drug-likeness (QED) is 0.113. The molecule has 0 radical (unpaired) electrons. The van der Waals surface area contributed by atoms with E-state index in [-0.39, 0.29) is 11.3 Å². The highest BCUT2D eigenvalue weighted by Gasteiger charge is 2.47. The number of ether oxygens (including phenoxy) is 2. The molecule has 1 atom stereocenters. The van der Waals surface area contributed by atoms with Crippen molar-refractivity contribution in [3.8, 4) is 17.2 Å². The fourth-order valence-electron chi connectivity index (χ4n) is 5.40. The van der Waals surface area contributed by atoms with Crippen LogP contribution in [0.25, 0.3) is 5.76 Å². The van der Waals surface area contributed by atoms with Gasteiger partial charge in [-0.15, -0.1) is 0 Å². The van der Waals surface area contributed by atoms with Crippen molar-refractivity contribution >= 4 is 23.1 Å². The number of para-hydroxylation sites is 1. The molecule has 0 bridgehead atoms. The Labute approximate surface area is 256 Å². The van der Waals surface area contributed by atoms with Crippen LogP contribution in [0.2, 0.25) is 0 Å². The number of anilines is 1. The summed E-state index contributed by atoms with van der Waals surface area (Å²) in [7, 11) is 0. The maximum absolute atomic E-state index is 13.6. The standard InChI is InChI=1S/C38H31NO5/c1-25-10-9-13-28(22-25)35-34(36(40)29-16-21-33(26(2)23-29)43-24-27-11-5-3-6-12-27)37(41)38(42)39(35)30-17-19-32(20-18-30)44-31-14-7-4-8-15-31/h3-23,35,40H,24H2,1-2H3/b36-34-. The highest BCUT2D eigenvalue weighted by molar-refractivity contribution is 6.51. The van der Waals surface area contributed by atoms with Crippen LogP contribution in [0.4, 0.5) is 5.69 Å². The predicted molar refractivity (Wildman–Crippen MR) is 171 cm³/mol. The van der Waals surface area contributed by atoms with Gasteiger partial charge < -0.3 is 14.6 Å². The number of rotatable bonds is 8. The third-order valence-corrected chi connectivity index (χ3v) is 7.58. The number of aryl methyl sites for hydroxylation is 2. The molecule has 44 heavy (non-hydrogen) atoms. The predicted octanol–water partition coefficient (Wildman–Crippen LogP) is 8.30. The number of aliphatic hydroxyl groups is 1. The SMILES string of the molecule is Cc1cccc(C2/C(=C(/O)c3ccc(OCc4ccccc4)c(C)c3)C(=O)C(=O)N2c2ccc(Oc3ccccc3)cc2)c1. The topological polar surface area (TPSA) is 76.1 Å². The van der Waals surface area contributed by atoms with Crippen LogP contribution in [0.3, 0.4) is 0 Å². The van der Waals surface area contributed by atoms with Gasteiger partial charge in [0.15, 0.2) is 0 Å². The molecule has 5 aromatic rings. The number of nitrogens with zero attached hydrogens (tertiary/aromatic N) is 1. The second-order valence-electron chi connectivity index (χ2n) is 10.7. The fraction of sp³-hybridized carbons (Fsp3) is 0.105. The summed E-state index contributed by atoms with van der Waals surface area (Å²) < 4.78 is 11.9. The zero-order valence-corrected chi connectivity index (χ0v) is 24.4. The van der Waals surface area contributed by atoms with Crippen LogP contribution in [0.1, 0.15) is 33.9 Å². The first-order valence-corrected chi connectivity index (χ1v) is 14.4. The van der Waals surface area contributed by atoms with Gasteiger partial charge >= 0.3 is 0 Å². The summed E-state index contributed by atoms with van der Waals surface area (Å²) in [6.07, 6.45) is 0. The van der Waals surface area contributed by atoms with Gasteiger partial charge in [-0.05, 0) is 85.1 Å². The van der Waals surface area contributed by atoms with Crippen LogP contribution in [0.15, 0.2) is 133 Å². The van der Waals surface area contributed by atoms with Crippen LogP contribution >= 0.6 is 0 Å². The molecule has 5 aromatic carbocycles. The third kappa shape index (κ3) is 5.83. The molecule has 6 rings (SSSR count). The van der Waals surface area contributed by atoms with E-state index in [1.165, 1.54) is 4.90 Å². The van der Waals surface area contributed by atoms with Crippen molar-refractivity contribution in [3.63, 3.8) is 0 Å². The van der Waals surface area contributed by atoms with E-state index in [0.29, 0.717) is 35.1 Å². The van der Waals surface area contributed by atoms with Crippen LogP contribution in [0, 0.1) is 13.8 Å². The van der Waals surface area contributed by atoms with Gasteiger partial charge in [-0.2, -0.15) is 0 Å². The van der Waals surface area contributed by atoms with E-state index in [9.17, 15) is 14.7 Å². The molecule has 6 heteroatoms. The molecule has 1 saturated heterocycles. The summed E-state index contributed by atoms with van der Waals surface area (Å²) in [5, 5.41) is 11.6. The van der Waals surface area contributed by atoms with Gasteiger partial charge in [0.2, 0.25) is 0 Å². The summed E-state index contributed by atoms with van der Waals surface area (Å²) >= 11 is 0. The van der Waals surface area contributed by atoms with Gasteiger partial charge in [0, 0.05) is 11.3 Å². The fourth-order valence-corrected chi connectivity index (χ4v) is 5.40. The number of carbonyl (C=O) groups excluding carboxylic acids is 2. The van der Waals surface area contributed by atoms with Gasteiger partial charge in [0.1, 0.15) is 29.6 Å². The largest absolute Gasteiger partial charge is 0.507 e. The summed E-state index contributed by atoms with van der Waals surface area (Å²) in [6, 6.07) is 38.3. The average molecular weight is 582 g/mol. The maximum Gasteiger partial charge on any atom is 0.300 e. The van der Waals surface area contributed by atoms with E-state index in [1.54, 1.807) is 42.5 Å². The van der Waals surface area contributed by atoms with Crippen LogP contribution in [-0.4, -0.2) is 16.8 Å². The average Bonchev–Trinajstić information content (AvgIpc) is 3.31. The lowest BCUT2D eigenvalue weighted by molar-refractivity contribution is -0.132. The van der Waals surface area contributed by atoms with Gasteiger partial charge in [0.25, 0.3) is 11.7 Å². The lowest BCUT2D eigenvalue weighted by atomic mass is 9.94. The lowest BCUT2D eigenvalue weighted by Crippen LogP contribution is -2.29. The zero-order chi connectivity index (χ0) is 30.6. The number of hydrogen-bond donors (Lipinski definition) is 1. The van der Waals surface area contributed by atoms with E-state index < -0.39 is 17.7 Å². The molecule has 0 aromatic heterocycles. The molecule has 1 heterocycles. The summed E-state index contributed by atoms with van der Waals surface area (Å²) in [5.41, 5.74) is 4.49. The second-order valence-corrected chi connectivity index (χ2v) is 10.7. The van der Waals surface area contributed by atoms with E-state index in [1.807, 2.05) is 98.8 Å². The third-order valence-electron chi connectivity index (χ3n) is 7.58. The van der Waals surface area contributed by atoms with Gasteiger partial charge in [-0.3, -0.25) is 14.5 Å². The number of hydrogen-bond acceptors (Lipinski definition) is 5. The monoisotopic (exact) mass is 581 g/mol. The van der Waals surface area contributed by atoms with E-state index in [0.717, 1.165) is 22.3 Å². The molecule has 1 unspecified atom stereocenters. The van der Waals surface area contributed by atoms with Crippen molar-refractivity contribution in [1.82, 2.24) is 0 Å². The summed E-state index contributed by atoms with van der Waals surface area (Å²) in [6.45, 7) is 4.23. The molecule has 1 fully saturated rings. The molecular formula is C38H31NO5. The number of Topliss-reactive ketones (excluding diaryl/α,β-unsaturated/α-hetero) is 1. The number of carbonyl (C=O) groups is 2. The molecule has 0 aliphatic carbocycles. The smallest absolute Gasteiger partial charge is 0.300 e. The normalized spacial score (nSPS) is 15.8. The minimum absolute atomic E-state index is 0.0302. The highest BCUT2D eigenvalue weighted by Crippen LogP contribution is 2.43. The van der Waals surface area contributed by atoms with Gasteiger partial charge in [0.05, 0.1) is 11.6 Å². The first-order chi connectivity index (χ1) is 21.4. The first-order valence-electron chi connectivity index (χ1n) is 14.4. The van der Waals surface area contributed by atoms with Crippen molar-refractivity contribution in [3.05, 3.63) is 161 Å². The summed E-state index contributed by atoms with van der Waals surface area (Å²) in [5.74, 6) is 0.244. The molecular weight excluding hydrogens is 550 g/mol. The molecule has 1 amide bonds. The first kappa shape index (κ1) is 28.5. The van der Waals surface area contributed by atoms with E-state index in [2.05, 4.69) is 0 Å². The van der Waals surface area contributed by atoms with E-state index in [4.69, 9.17) is 9.47 Å². The minimum Gasteiger partial charge on any atom is -0.507 e. The molecule has 0 saturated carbocycles. The molecule has 6 nitrogen and oxygen atoms in total. The minimum atomic E-state index is -0.829. The molecule has 1 N–H and O–H groups in total. The number of ketones is 1. The van der Waals surface area contributed by atoms with Crippen molar-refractivity contribution in [2.45, 2.75) is 26.5 Å². The second kappa shape index (κ2) is 12.3. The Morgan fingerprint density at radius 2 is 1.43 bits per heavy atom. The Balaban J connectivity index is 1.35. The molecule has 1 aliphatic rings. The highest BCUT2D eigenvalue weighted by atomic mass is 16.5. The van der Waals surface area contributed by atoms with Crippen molar-refractivity contribution < 1.29 is 24.2 Å². The maximum atomic E-state index is 13.6. The Morgan fingerprint density at radius 3 is 2.11 bits per heavy atom. The van der Waals surface area contributed by atoms with Crippen LogP contribution in [-0.2, 0) is 16.2 Å². The number of amides is 1.